The summed E-state index contributed by atoms with van der Waals surface area (Å²) in [6.07, 6.45) is 7.40. The molecule has 1 aromatic carbocycles. The van der Waals surface area contributed by atoms with Crippen molar-refractivity contribution in [3.8, 4) is 5.75 Å². The smallest absolute Gasteiger partial charge is 0.226 e. The van der Waals surface area contributed by atoms with E-state index in [2.05, 4.69) is 10.3 Å². The summed E-state index contributed by atoms with van der Waals surface area (Å²) >= 11 is 0. The van der Waals surface area contributed by atoms with Crippen molar-refractivity contribution in [1.82, 2.24) is 10.3 Å². The maximum atomic E-state index is 12.5. The molecule has 0 spiro atoms. The number of rotatable bonds is 9. The number of phenolic OH excluding ortho intramolecular Hbond substituents is 1. The number of unbranched alkanes of at least 4 members (excludes halogenated alkanes) is 2. The van der Waals surface area contributed by atoms with Crippen LogP contribution in [0.4, 0.5) is 5.69 Å². The lowest BCUT2D eigenvalue weighted by Crippen LogP contribution is -2.31. The van der Waals surface area contributed by atoms with Crippen LogP contribution >= 0.6 is 0 Å². The molecule has 8 heteroatoms. The van der Waals surface area contributed by atoms with E-state index in [1.165, 1.54) is 0 Å². The Morgan fingerprint density at radius 1 is 1.20 bits per heavy atom. The number of anilines is 1. The van der Waals surface area contributed by atoms with E-state index in [9.17, 15) is 14.7 Å². The summed E-state index contributed by atoms with van der Waals surface area (Å²) in [5, 5.41) is 12.6. The van der Waals surface area contributed by atoms with E-state index in [-0.39, 0.29) is 29.2 Å². The Kier molecular flexibility index (Phi) is 7.55. The highest BCUT2D eigenvalue weighted by molar-refractivity contribution is 6.30. The van der Waals surface area contributed by atoms with Gasteiger partial charge in [0.15, 0.2) is 0 Å². The van der Waals surface area contributed by atoms with Gasteiger partial charge in [0.1, 0.15) is 21.4 Å². The highest BCUT2D eigenvalue weighted by Gasteiger charge is 2.24. The number of nitrogens with one attached hydrogen (secondary N) is 1. The Bertz CT molecular complexity index is 879. The lowest BCUT2D eigenvalue weighted by atomic mass is 9.63. The lowest BCUT2D eigenvalue weighted by molar-refractivity contribution is -0.121. The third-order valence-electron chi connectivity index (χ3n) is 6.00. The molecular weight excluding hydrogens is 376 g/mol. The summed E-state index contributed by atoms with van der Waals surface area (Å²) in [6.45, 7) is 1.31. The second-order valence-corrected chi connectivity index (χ2v) is 8.07. The average Bonchev–Trinajstić information content (AvgIpc) is 3.18. The van der Waals surface area contributed by atoms with Crippen molar-refractivity contribution in [3.63, 3.8) is 0 Å². The third kappa shape index (κ3) is 5.43. The third-order valence-corrected chi connectivity index (χ3v) is 6.00. The van der Waals surface area contributed by atoms with Crippen LogP contribution in [0.2, 0.25) is 5.82 Å². The summed E-state index contributed by atoms with van der Waals surface area (Å²) in [7, 11) is 3.99. The number of aromatic hydroxyl groups is 1. The molecule has 30 heavy (non-hydrogen) atoms. The number of pyridine rings is 1. The van der Waals surface area contributed by atoms with Crippen LogP contribution < -0.4 is 10.2 Å². The van der Waals surface area contributed by atoms with E-state index in [0.29, 0.717) is 19.5 Å². The predicted molar refractivity (Wildman–Crippen MR) is 123 cm³/mol. The van der Waals surface area contributed by atoms with Crippen molar-refractivity contribution in [1.29, 1.82) is 0 Å². The molecule has 2 heterocycles. The largest absolute Gasteiger partial charge is 0.508 e. The first kappa shape index (κ1) is 21.9. The summed E-state index contributed by atoms with van der Waals surface area (Å²) in [5.74, 6) is 0.419. The number of carbonyl (C=O) groups excluding carboxylic acids is 2. The summed E-state index contributed by atoms with van der Waals surface area (Å²) in [6, 6.07) is 9.08. The first-order chi connectivity index (χ1) is 14.5. The van der Waals surface area contributed by atoms with Crippen LogP contribution in [0.15, 0.2) is 42.7 Å². The SMILES string of the molecule is BC(C(=O)NCCCCCC(=O)N1CCc2cc(O)ccc21)C(B)c1cccnc1. The van der Waals surface area contributed by atoms with Gasteiger partial charge in [-0.1, -0.05) is 12.5 Å². The maximum absolute atomic E-state index is 12.5. The van der Waals surface area contributed by atoms with Gasteiger partial charge in [-0.2, -0.15) is 0 Å². The molecule has 0 bridgehead atoms. The maximum Gasteiger partial charge on any atom is 0.226 e. The second kappa shape index (κ2) is 10.3. The van der Waals surface area contributed by atoms with Gasteiger partial charge in [-0.05, 0) is 60.5 Å². The van der Waals surface area contributed by atoms with E-state index in [4.69, 9.17) is 0 Å². The van der Waals surface area contributed by atoms with Crippen LogP contribution in [-0.4, -0.2) is 50.7 Å². The second-order valence-electron chi connectivity index (χ2n) is 8.07. The Balaban J connectivity index is 1.33. The first-order valence-electron chi connectivity index (χ1n) is 10.8. The minimum Gasteiger partial charge on any atom is -0.508 e. The highest BCUT2D eigenvalue weighted by atomic mass is 16.3. The summed E-state index contributed by atoms with van der Waals surface area (Å²) in [4.78, 5) is 30.9. The topological polar surface area (TPSA) is 82.5 Å². The van der Waals surface area contributed by atoms with Crippen LogP contribution in [0.1, 0.15) is 42.6 Å². The zero-order chi connectivity index (χ0) is 21.5. The molecule has 2 unspecified atom stereocenters. The van der Waals surface area contributed by atoms with Gasteiger partial charge in [0.2, 0.25) is 11.8 Å². The van der Waals surface area contributed by atoms with Crippen LogP contribution in [-0.2, 0) is 16.0 Å². The molecule has 6 nitrogen and oxygen atoms in total. The molecule has 0 fully saturated rings. The molecule has 1 aliphatic heterocycles. The normalized spacial score (nSPS) is 14.7. The van der Waals surface area contributed by atoms with Crippen molar-refractivity contribution >= 4 is 33.2 Å². The molecule has 2 aromatic rings. The molecule has 0 radical (unpaired) electrons. The van der Waals surface area contributed by atoms with Gasteiger partial charge in [0.05, 0.1) is 0 Å². The monoisotopic (exact) mass is 405 g/mol. The summed E-state index contributed by atoms with van der Waals surface area (Å²) < 4.78 is 0. The van der Waals surface area contributed by atoms with Gasteiger partial charge in [-0.3, -0.25) is 14.6 Å². The lowest BCUT2D eigenvalue weighted by Gasteiger charge is -2.20. The number of aromatic nitrogens is 1. The molecule has 2 atom stereocenters. The van der Waals surface area contributed by atoms with Crippen LogP contribution in [0.25, 0.3) is 0 Å². The van der Waals surface area contributed by atoms with Crippen LogP contribution in [0.5, 0.6) is 5.75 Å². The van der Waals surface area contributed by atoms with Crippen LogP contribution in [0.3, 0.4) is 0 Å². The van der Waals surface area contributed by atoms with E-state index in [1.807, 2.05) is 45.0 Å². The first-order valence-corrected chi connectivity index (χ1v) is 10.8. The van der Waals surface area contributed by atoms with Gasteiger partial charge in [0, 0.05) is 43.4 Å². The molecule has 156 valence electrons. The highest BCUT2D eigenvalue weighted by Crippen LogP contribution is 2.31. The fourth-order valence-electron chi connectivity index (χ4n) is 3.89. The van der Waals surface area contributed by atoms with Crippen LogP contribution in [0, 0.1) is 0 Å². The van der Waals surface area contributed by atoms with Gasteiger partial charge >= 0.3 is 0 Å². The number of hydrogen-bond donors (Lipinski definition) is 2. The van der Waals surface area contributed by atoms with Gasteiger partial charge < -0.3 is 15.3 Å². The Morgan fingerprint density at radius 3 is 2.80 bits per heavy atom. The van der Waals surface area contributed by atoms with E-state index < -0.39 is 0 Å². The van der Waals surface area contributed by atoms with E-state index in [0.717, 1.165) is 42.5 Å². The number of phenols is 1. The number of nitrogens with zero attached hydrogens (tertiary/aromatic N) is 2. The van der Waals surface area contributed by atoms with Crippen molar-refractivity contribution in [2.45, 2.75) is 43.7 Å². The van der Waals surface area contributed by atoms with E-state index >= 15 is 0 Å². The molecule has 0 saturated heterocycles. The van der Waals surface area contributed by atoms with E-state index in [1.54, 1.807) is 18.3 Å². The average molecular weight is 405 g/mol. The van der Waals surface area contributed by atoms with Gasteiger partial charge in [-0.25, -0.2) is 0 Å². The predicted octanol–water partition coefficient (Wildman–Crippen LogP) is 1.15. The summed E-state index contributed by atoms with van der Waals surface area (Å²) in [5.41, 5.74) is 3.01. The molecular formula is C22H29B2N3O3. The molecule has 3 rings (SSSR count). The standard InChI is InChI=1S/C22H29B2N3O3/c23-20(16-5-4-10-25-14-16)21(24)22(30)26-11-3-1-2-6-19(29)27-12-9-15-13-17(28)7-8-18(15)27/h4-5,7-8,10,13-14,20-21,28H,1-3,6,9,11-12,23-24H2,(H,26,30). The molecule has 0 aliphatic carbocycles. The van der Waals surface area contributed by atoms with Crippen molar-refractivity contribution in [3.05, 3.63) is 53.9 Å². The number of benzene rings is 1. The number of fused-ring (bicyclic) bond motifs is 1. The minimum atomic E-state index is -0.120. The van der Waals surface area contributed by atoms with Gasteiger partial charge in [-0.15, -0.1) is 0 Å². The van der Waals surface area contributed by atoms with Crippen molar-refractivity contribution in [2.75, 3.05) is 18.0 Å². The zero-order valence-corrected chi connectivity index (χ0v) is 17.8. The molecule has 1 aliphatic rings. The van der Waals surface area contributed by atoms with Crippen molar-refractivity contribution < 1.29 is 14.7 Å². The number of amides is 2. The fraction of sp³-hybridized carbons (Fsp3) is 0.409. The van der Waals surface area contributed by atoms with Gasteiger partial charge in [0.25, 0.3) is 0 Å². The molecule has 2 N–H and O–H groups in total. The molecule has 0 saturated carbocycles. The number of hydrogen-bond acceptors (Lipinski definition) is 4. The zero-order valence-electron chi connectivity index (χ0n) is 17.8. The Labute approximate surface area is 179 Å². The Morgan fingerprint density at radius 2 is 2.03 bits per heavy atom. The minimum absolute atomic E-state index is 0.0550. The quantitative estimate of drug-likeness (QED) is 0.485. The molecule has 2 amide bonds. The van der Waals surface area contributed by atoms with Crippen molar-refractivity contribution in [2.24, 2.45) is 0 Å². The number of carbonyl (C=O) groups is 2. The Hall–Kier alpha value is -2.76. The molecule has 1 aromatic heterocycles. The fourth-order valence-corrected chi connectivity index (χ4v) is 3.89.